The van der Waals surface area contributed by atoms with Crippen molar-refractivity contribution in [3.8, 4) is 23.3 Å². The van der Waals surface area contributed by atoms with Crippen molar-refractivity contribution in [2.24, 2.45) is 23.5 Å². The maximum Gasteiger partial charge on any atom is 0.333 e. The summed E-state index contributed by atoms with van der Waals surface area (Å²) in [7, 11) is 3.19. The topological polar surface area (TPSA) is 166 Å². The van der Waals surface area contributed by atoms with Gasteiger partial charge in [-0.15, -0.1) is 0 Å². The van der Waals surface area contributed by atoms with Gasteiger partial charge in [-0.2, -0.15) is 5.26 Å². The quantitative estimate of drug-likeness (QED) is 0.0817. The molecular weight excluding hydrogens is 749 g/mol. The first kappa shape index (κ1) is 42.3. The summed E-state index contributed by atoms with van der Waals surface area (Å²) in [6.07, 6.45) is 12.7. The van der Waals surface area contributed by atoms with E-state index in [4.69, 9.17) is 29.4 Å². The van der Waals surface area contributed by atoms with Crippen LogP contribution in [0.2, 0.25) is 0 Å². The predicted octanol–water partition coefficient (Wildman–Crippen LogP) is 6.44. The number of nitrogens with zero attached hydrogens (tertiary/aromatic N) is 2. The summed E-state index contributed by atoms with van der Waals surface area (Å²) in [5.41, 5.74) is 9.22. The van der Waals surface area contributed by atoms with Gasteiger partial charge in [0.1, 0.15) is 35.3 Å². The van der Waals surface area contributed by atoms with Gasteiger partial charge in [0.25, 0.3) is 0 Å². The van der Waals surface area contributed by atoms with Crippen LogP contribution >= 0.6 is 0 Å². The van der Waals surface area contributed by atoms with E-state index in [1.807, 2.05) is 25.8 Å². The van der Waals surface area contributed by atoms with E-state index in [0.717, 1.165) is 40.8 Å². The molecule has 3 aliphatic carbocycles. The van der Waals surface area contributed by atoms with E-state index in [0.29, 0.717) is 59.9 Å². The lowest BCUT2D eigenvalue weighted by Crippen LogP contribution is -2.75. The van der Waals surface area contributed by atoms with E-state index in [2.05, 4.69) is 70.3 Å². The number of benzene rings is 1. The zero-order valence-electron chi connectivity index (χ0n) is 36.3. The third kappa shape index (κ3) is 6.43. The Balaban J connectivity index is 1.57. The van der Waals surface area contributed by atoms with Crippen LogP contribution in [-0.4, -0.2) is 84.6 Å². The summed E-state index contributed by atoms with van der Waals surface area (Å²) >= 11 is 0. The molecule has 4 aliphatic heterocycles. The molecule has 4 fully saturated rings. The van der Waals surface area contributed by atoms with Crippen LogP contribution in [0.25, 0.3) is 11.8 Å². The highest BCUT2D eigenvalue weighted by atomic mass is 16.6. The Hall–Kier alpha value is -4.83. The lowest BCUT2D eigenvalue weighted by Gasteiger charge is -2.63. The molecule has 6 atom stereocenters. The molecule has 8 rings (SSSR count). The number of esters is 1. The number of fused-ring (bicyclic) bond motifs is 3. The Morgan fingerprint density at radius 2 is 1.83 bits per heavy atom. The number of carbonyl (C=O) groups excluding carboxylic acids is 2. The first-order valence-electron chi connectivity index (χ1n) is 20.8. The lowest BCUT2D eigenvalue weighted by molar-refractivity contribution is -0.181. The molecule has 4 heterocycles. The smallest absolute Gasteiger partial charge is 0.333 e. The molecule has 1 spiro atoms. The SMILES string of the molecule is COC(=O)/C(C)=C\CC12OC(C)(C)C3CC(C1=O)C1C(C#N)=C(N)N(C)C4=C1C32Oc1c(CC=C(C)C)c2c(c(OCCNCCO)c14)C=CC(C)(CCC=C(C)C)O2. The van der Waals surface area contributed by atoms with Gasteiger partial charge >= 0.3 is 5.97 Å². The molecule has 4 N–H and O–H groups in total. The number of hydrogen-bond donors (Lipinski definition) is 3. The van der Waals surface area contributed by atoms with E-state index in [1.54, 1.807) is 13.0 Å². The molecule has 12 heteroatoms. The highest BCUT2D eigenvalue weighted by Crippen LogP contribution is 2.74. The number of ether oxygens (including phenoxy) is 5. The normalized spacial score (nSPS) is 29.2. The van der Waals surface area contributed by atoms with Gasteiger partial charge in [-0.3, -0.25) is 4.79 Å². The average molecular weight is 809 g/mol. The first-order valence-corrected chi connectivity index (χ1v) is 20.8. The van der Waals surface area contributed by atoms with Crippen molar-refractivity contribution in [2.75, 3.05) is 40.5 Å². The predicted molar refractivity (Wildman–Crippen MR) is 225 cm³/mol. The van der Waals surface area contributed by atoms with Crippen LogP contribution in [-0.2, 0) is 25.5 Å². The molecule has 1 aromatic rings. The molecular formula is C47H60N4O8. The van der Waals surface area contributed by atoms with E-state index in [1.165, 1.54) is 12.7 Å². The molecule has 6 unspecified atom stereocenters. The van der Waals surface area contributed by atoms with Gasteiger partial charge in [-0.05, 0) is 93.2 Å². The molecule has 1 aromatic carbocycles. The van der Waals surface area contributed by atoms with Gasteiger partial charge in [0.2, 0.25) is 0 Å². The first-order chi connectivity index (χ1) is 27.9. The number of rotatable bonds is 14. The Bertz CT molecular complexity index is 2200. The van der Waals surface area contributed by atoms with Crippen molar-refractivity contribution < 1.29 is 38.4 Å². The zero-order valence-corrected chi connectivity index (χ0v) is 36.3. The summed E-state index contributed by atoms with van der Waals surface area (Å²) in [6.45, 7) is 17.2. The number of ketones is 1. The lowest BCUT2D eigenvalue weighted by atomic mass is 9.44. The van der Waals surface area contributed by atoms with E-state index in [9.17, 15) is 15.2 Å². The van der Waals surface area contributed by atoms with Crippen LogP contribution in [0.15, 0.2) is 58.0 Å². The third-order valence-corrected chi connectivity index (χ3v) is 13.2. The molecule has 0 amide bonds. The minimum Gasteiger partial charge on any atom is -0.491 e. The Labute approximate surface area is 348 Å². The number of Topliss-reactive ketones (excluding diaryl/α,β-unsaturated/α-hetero) is 1. The second-order valence-corrected chi connectivity index (χ2v) is 18.1. The van der Waals surface area contributed by atoms with Gasteiger partial charge in [0.15, 0.2) is 17.0 Å². The molecule has 7 aliphatic rings. The van der Waals surface area contributed by atoms with Crippen LogP contribution in [0, 0.1) is 29.1 Å². The van der Waals surface area contributed by atoms with E-state index in [-0.39, 0.29) is 37.2 Å². The van der Waals surface area contributed by atoms with Gasteiger partial charge in [0, 0.05) is 61.0 Å². The molecule has 1 saturated heterocycles. The second kappa shape index (κ2) is 15.3. The number of nitrogens with two attached hydrogens (primary N) is 1. The van der Waals surface area contributed by atoms with E-state index < -0.39 is 40.2 Å². The van der Waals surface area contributed by atoms with Crippen molar-refractivity contribution in [3.05, 3.63) is 74.7 Å². The molecule has 59 heavy (non-hydrogen) atoms. The number of aliphatic hydroxyl groups excluding tert-OH is 1. The minimum absolute atomic E-state index is 0.00743. The Morgan fingerprint density at radius 1 is 1.10 bits per heavy atom. The second-order valence-electron chi connectivity index (χ2n) is 18.1. The van der Waals surface area contributed by atoms with Crippen molar-refractivity contribution in [1.29, 1.82) is 5.26 Å². The molecule has 0 radical (unpaired) electrons. The highest BCUT2D eigenvalue weighted by molar-refractivity contribution is 6.02. The number of aliphatic hydroxyl groups is 1. The van der Waals surface area contributed by atoms with Crippen LogP contribution in [0.3, 0.4) is 0 Å². The van der Waals surface area contributed by atoms with Crippen LogP contribution in [0.1, 0.15) is 97.8 Å². The molecule has 3 saturated carbocycles. The zero-order chi connectivity index (χ0) is 42.8. The molecule has 4 bridgehead atoms. The summed E-state index contributed by atoms with van der Waals surface area (Å²) in [6, 6.07) is 2.40. The van der Waals surface area contributed by atoms with Gasteiger partial charge < -0.3 is 44.7 Å². The Morgan fingerprint density at radius 3 is 2.49 bits per heavy atom. The molecule has 316 valence electrons. The fourth-order valence-electron chi connectivity index (χ4n) is 10.5. The summed E-state index contributed by atoms with van der Waals surface area (Å²) in [5.74, 6) is -0.353. The van der Waals surface area contributed by atoms with Crippen molar-refractivity contribution >= 4 is 23.5 Å². The number of carbonyl (C=O) groups is 2. The standard InChI is InChI=1S/C47H60N4O8/c1-26(2)12-11-17-45(8)18-16-30-38(57-45)29(14-13-27(3)4)40-35(39(30)56-23-21-50-20-22-52)37-36-34(32(25-48)42(49)51(37)9)31-24-33-44(6,7)59-46(41(31)53,47(33,36)58-40)19-15-28(5)43(54)55-10/h12-13,15-16,18,31,33-34,50,52H,11,14,17,19-24,49H2,1-10H3/b28-15-. The van der Waals surface area contributed by atoms with Gasteiger partial charge in [0.05, 0.1) is 47.8 Å². The number of nitrogens with one attached hydrogen (secondary N) is 1. The third-order valence-electron chi connectivity index (χ3n) is 13.2. The maximum absolute atomic E-state index is 15.4. The average Bonchev–Trinajstić information content (AvgIpc) is 3.33. The van der Waals surface area contributed by atoms with Crippen molar-refractivity contribution in [1.82, 2.24) is 10.2 Å². The number of nitriles is 1. The minimum atomic E-state index is -1.57. The molecule has 12 nitrogen and oxygen atoms in total. The largest absolute Gasteiger partial charge is 0.491 e. The van der Waals surface area contributed by atoms with Crippen LogP contribution < -0.4 is 25.3 Å². The highest BCUT2D eigenvalue weighted by Gasteiger charge is 2.84. The summed E-state index contributed by atoms with van der Waals surface area (Å²) < 4.78 is 34.0. The van der Waals surface area contributed by atoms with Crippen LogP contribution in [0.5, 0.6) is 17.2 Å². The summed E-state index contributed by atoms with van der Waals surface area (Å²) in [4.78, 5) is 30.1. The van der Waals surface area contributed by atoms with Crippen molar-refractivity contribution in [2.45, 2.75) is 110 Å². The maximum atomic E-state index is 15.4. The number of hydrogen-bond acceptors (Lipinski definition) is 12. The van der Waals surface area contributed by atoms with Crippen molar-refractivity contribution in [3.63, 3.8) is 0 Å². The van der Waals surface area contributed by atoms with Gasteiger partial charge in [-0.1, -0.05) is 29.4 Å². The fraction of sp³-hybridized carbons (Fsp3) is 0.553. The Kier molecular flexibility index (Phi) is 11.0. The fourth-order valence-corrected chi connectivity index (χ4v) is 10.5. The number of allylic oxidation sites excluding steroid dienone is 5. The molecule has 0 aromatic heterocycles. The van der Waals surface area contributed by atoms with Gasteiger partial charge in [-0.25, -0.2) is 4.79 Å². The monoisotopic (exact) mass is 808 g/mol. The van der Waals surface area contributed by atoms with Crippen LogP contribution in [0.4, 0.5) is 0 Å². The van der Waals surface area contributed by atoms with E-state index >= 15 is 4.79 Å². The summed E-state index contributed by atoms with van der Waals surface area (Å²) in [5, 5.41) is 23.5. The number of methoxy groups -OCH3 is 1.